The van der Waals surface area contributed by atoms with E-state index in [-0.39, 0.29) is 6.04 Å². The van der Waals surface area contributed by atoms with Crippen molar-refractivity contribution in [2.24, 2.45) is 9.98 Å². The first-order valence-corrected chi connectivity index (χ1v) is 14.3. The van der Waals surface area contributed by atoms with Gasteiger partial charge in [0.05, 0.1) is 35.4 Å². The largest absolute Gasteiger partial charge is 0.494 e. The Morgan fingerprint density at radius 1 is 0.810 bits per heavy atom. The van der Waals surface area contributed by atoms with Crippen molar-refractivity contribution < 1.29 is 4.74 Å². The minimum Gasteiger partial charge on any atom is -0.494 e. The van der Waals surface area contributed by atoms with Crippen LogP contribution >= 0.6 is 0 Å². The number of amidine groups is 2. The van der Waals surface area contributed by atoms with E-state index in [2.05, 4.69) is 91.7 Å². The van der Waals surface area contributed by atoms with E-state index in [1.165, 1.54) is 11.1 Å². The highest BCUT2D eigenvalue weighted by atomic mass is 16.5. The van der Waals surface area contributed by atoms with E-state index in [4.69, 9.17) is 19.8 Å². The summed E-state index contributed by atoms with van der Waals surface area (Å²) in [5.74, 6) is 3.09. The average Bonchev–Trinajstić information content (AvgIpc) is 3.32. The van der Waals surface area contributed by atoms with Crippen molar-refractivity contribution in [3.05, 3.63) is 125 Å². The number of nitrogens with one attached hydrogen (secondary N) is 1. The predicted molar refractivity (Wildman–Crippen MR) is 170 cm³/mol. The van der Waals surface area contributed by atoms with Gasteiger partial charge in [0.2, 0.25) is 0 Å². The zero-order chi connectivity index (χ0) is 28.8. The number of ether oxygens (including phenoxy) is 1. The molecule has 0 bridgehead atoms. The van der Waals surface area contributed by atoms with Crippen molar-refractivity contribution >= 4 is 34.6 Å². The fourth-order valence-corrected chi connectivity index (χ4v) is 5.96. The molecule has 7 rings (SSSR count). The van der Waals surface area contributed by atoms with Crippen LogP contribution in [0.15, 0.2) is 107 Å². The lowest BCUT2D eigenvalue weighted by molar-refractivity contribution is 0.340. The van der Waals surface area contributed by atoms with Gasteiger partial charge in [0.25, 0.3) is 0 Å². The number of nitrogens with zero attached hydrogens (tertiary/aromatic N) is 5. The molecule has 0 unspecified atom stereocenters. The number of aliphatic imine (C=N–C) groups is 2. The van der Waals surface area contributed by atoms with E-state index >= 15 is 0 Å². The number of benzene rings is 4. The Hall–Kier alpha value is -5.17. The molecule has 5 aromatic rings. The average molecular weight is 553 g/mol. The summed E-state index contributed by atoms with van der Waals surface area (Å²) in [4.78, 5) is 12.8. The molecule has 7 heteroatoms. The molecule has 1 N–H and O–H groups in total. The van der Waals surface area contributed by atoms with E-state index in [1.807, 2.05) is 48.0 Å². The molecule has 0 saturated heterocycles. The second-order valence-corrected chi connectivity index (χ2v) is 10.7. The molecule has 2 aliphatic rings. The Morgan fingerprint density at radius 2 is 1.52 bits per heavy atom. The smallest absolute Gasteiger partial charge is 0.179 e. The number of hydrogen-bond donors (Lipinski definition) is 1. The first kappa shape index (κ1) is 25.8. The van der Waals surface area contributed by atoms with Crippen LogP contribution in [0.2, 0.25) is 0 Å². The quantitative estimate of drug-likeness (QED) is 0.240. The van der Waals surface area contributed by atoms with Gasteiger partial charge in [0.1, 0.15) is 5.75 Å². The monoisotopic (exact) mass is 552 g/mol. The lowest BCUT2D eigenvalue weighted by Crippen LogP contribution is -2.46. The lowest BCUT2D eigenvalue weighted by Gasteiger charge is -2.40. The summed E-state index contributed by atoms with van der Waals surface area (Å²) in [5, 5.41) is 8.65. The van der Waals surface area contributed by atoms with Crippen molar-refractivity contribution in [3.8, 4) is 11.4 Å². The molecule has 7 nitrogen and oxygen atoms in total. The Kier molecular flexibility index (Phi) is 6.35. The predicted octanol–water partition coefficient (Wildman–Crippen LogP) is 7.99. The summed E-state index contributed by atoms with van der Waals surface area (Å²) in [6.07, 6.45) is 0. The minimum atomic E-state index is -0.187. The van der Waals surface area contributed by atoms with Crippen LogP contribution in [0.1, 0.15) is 40.9 Å². The molecule has 3 heterocycles. The molecule has 0 spiro atoms. The number of rotatable bonds is 5. The van der Waals surface area contributed by atoms with Crippen LogP contribution in [0.5, 0.6) is 5.75 Å². The van der Waals surface area contributed by atoms with Crippen LogP contribution in [0.3, 0.4) is 0 Å². The highest BCUT2D eigenvalue weighted by Gasteiger charge is 2.41. The molecule has 0 amide bonds. The van der Waals surface area contributed by atoms with E-state index in [9.17, 15) is 0 Å². The number of para-hydroxylation sites is 3. The maximum Gasteiger partial charge on any atom is 0.179 e. The van der Waals surface area contributed by atoms with Crippen LogP contribution in [0.25, 0.3) is 5.69 Å². The first-order chi connectivity index (χ1) is 20.5. The third-order valence-electron chi connectivity index (χ3n) is 7.63. The van der Waals surface area contributed by atoms with Gasteiger partial charge < -0.3 is 15.0 Å². The Bertz CT molecular complexity index is 1830. The molecule has 1 aromatic heterocycles. The normalized spacial score (nSPS) is 15.2. The fraction of sp³-hybridized carbons (Fsp3) is 0.171. The zero-order valence-electron chi connectivity index (χ0n) is 24.2. The molecular weight excluding hydrogens is 520 g/mol. The minimum absolute atomic E-state index is 0.187. The number of fused-ring (bicyclic) bond motifs is 4. The number of hydrogen-bond acceptors (Lipinski definition) is 6. The summed E-state index contributed by atoms with van der Waals surface area (Å²) in [6, 6.07) is 33.1. The Balaban J connectivity index is 1.47. The molecule has 0 aliphatic carbocycles. The van der Waals surface area contributed by atoms with Gasteiger partial charge in [-0.05, 0) is 92.9 Å². The van der Waals surface area contributed by atoms with E-state index in [0.717, 1.165) is 57.0 Å². The zero-order valence-corrected chi connectivity index (χ0v) is 24.2. The van der Waals surface area contributed by atoms with Crippen LogP contribution < -0.4 is 15.0 Å². The Labute approximate surface area is 245 Å². The van der Waals surface area contributed by atoms with Crippen LogP contribution in [0.4, 0.5) is 22.9 Å². The maximum atomic E-state index is 5.79. The van der Waals surface area contributed by atoms with Gasteiger partial charge >= 0.3 is 0 Å². The molecule has 0 radical (unpaired) electrons. The Morgan fingerprint density at radius 3 is 2.26 bits per heavy atom. The van der Waals surface area contributed by atoms with Crippen LogP contribution in [-0.4, -0.2) is 28.1 Å². The third-order valence-corrected chi connectivity index (χ3v) is 7.63. The van der Waals surface area contributed by atoms with E-state index < -0.39 is 0 Å². The summed E-state index contributed by atoms with van der Waals surface area (Å²) in [5.41, 5.74) is 9.30. The summed E-state index contributed by atoms with van der Waals surface area (Å²) >= 11 is 0. The topological polar surface area (TPSA) is 67.0 Å². The standard InChI is InChI=1S/C35H32N6O/c1-5-42-28-17-15-25(16-18-28)32-31-24(4)39-41(27-11-7-6-8-12-27)34(31)38-35-33(36-26-20-22(2)19-23(3)21-26)37-29-13-9-10-14-30(29)40(32)35/h6-21,32H,5H2,1-4H3,(H,36,37)/t32-/m0/s1. The number of anilines is 2. The fourth-order valence-electron chi connectivity index (χ4n) is 5.96. The SMILES string of the molecule is CCOc1ccc([C@H]2c3c(C)nn(-c4ccccc4)c3N=C3C(Nc4cc(C)cc(C)c4)=Nc4ccccc4N32)cc1. The van der Waals surface area contributed by atoms with Gasteiger partial charge in [-0.2, -0.15) is 5.10 Å². The molecule has 2 aliphatic heterocycles. The number of aryl methyl sites for hydroxylation is 3. The molecule has 1 atom stereocenters. The van der Waals surface area contributed by atoms with Gasteiger partial charge in [-0.3, -0.25) is 0 Å². The maximum absolute atomic E-state index is 5.79. The molecule has 4 aromatic carbocycles. The van der Waals surface area contributed by atoms with Gasteiger partial charge in [-0.25, -0.2) is 14.7 Å². The first-order valence-electron chi connectivity index (χ1n) is 14.3. The molecule has 42 heavy (non-hydrogen) atoms. The van der Waals surface area contributed by atoms with Crippen LogP contribution in [0, 0.1) is 20.8 Å². The number of aromatic nitrogens is 2. The van der Waals surface area contributed by atoms with Gasteiger partial charge in [-0.15, -0.1) is 0 Å². The highest BCUT2D eigenvalue weighted by molar-refractivity contribution is 6.51. The second kappa shape index (κ2) is 10.3. The summed E-state index contributed by atoms with van der Waals surface area (Å²) < 4.78 is 7.74. The van der Waals surface area contributed by atoms with Crippen molar-refractivity contribution in [3.63, 3.8) is 0 Å². The molecule has 208 valence electrons. The van der Waals surface area contributed by atoms with Crippen molar-refractivity contribution in [1.29, 1.82) is 0 Å². The third kappa shape index (κ3) is 4.43. The van der Waals surface area contributed by atoms with Crippen molar-refractivity contribution in [2.45, 2.75) is 33.7 Å². The van der Waals surface area contributed by atoms with Gasteiger partial charge in [-0.1, -0.05) is 48.5 Å². The summed E-state index contributed by atoms with van der Waals surface area (Å²) in [7, 11) is 0. The van der Waals surface area contributed by atoms with Crippen molar-refractivity contribution in [1.82, 2.24) is 9.78 Å². The van der Waals surface area contributed by atoms with E-state index in [0.29, 0.717) is 12.4 Å². The van der Waals surface area contributed by atoms with Gasteiger partial charge in [0.15, 0.2) is 17.5 Å². The second-order valence-electron chi connectivity index (χ2n) is 10.7. The molecule has 0 fully saturated rings. The summed E-state index contributed by atoms with van der Waals surface area (Å²) in [6.45, 7) is 8.90. The molecular formula is C35H32N6O. The van der Waals surface area contributed by atoms with E-state index in [1.54, 1.807) is 0 Å². The van der Waals surface area contributed by atoms with Crippen molar-refractivity contribution in [2.75, 3.05) is 16.8 Å². The van der Waals surface area contributed by atoms with Gasteiger partial charge in [0, 0.05) is 11.3 Å². The lowest BCUT2D eigenvalue weighted by atomic mass is 9.93. The highest BCUT2D eigenvalue weighted by Crippen LogP contribution is 2.48. The molecule has 0 saturated carbocycles. The van der Waals surface area contributed by atoms with Crippen LogP contribution in [-0.2, 0) is 0 Å².